The van der Waals surface area contributed by atoms with Crippen LogP contribution in [0.5, 0.6) is 6.01 Å². The van der Waals surface area contributed by atoms with E-state index in [2.05, 4.69) is 24.1 Å². The van der Waals surface area contributed by atoms with Crippen LogP contribution in [-0.4, -0.2) is 38.4 Å². The zero-order valence-corrected chi connectivity index (χ0v) is 8.89. The van der Waals surface area contributed by atoms with Crippen molar-refractivity contribution in [2.24, 2.45) is 0 Å². The number of nitrogens with two attached hydrogens (primary N) is 2. The van der Waals surface area contributed by atoms with Crippen LogP contribution in [-0.2, 0) is 10.4 Å². The fourth-order valence-corrected chi connectivity index (χ4v) is 1.33. The van der Waals surface area contributed by atoms with Crippen LogP contribution in [0.3, 0.4) is 0 Å². The molecular formula is C5H8N6O5S. The van der Waals surface area contributed by atoms with Crippen LogP contribution in [0.2, 0.25) is 0 Å². The summed E-state index contributed by atoms with van der Waals surface area (Å²) in [6.07, 6.45) is 0. The SMILES string of the molecule is Nc1nc(N)c2[nH]c(OS(=O)(=O)O)nc2n1.O. The first-order valence-corrected chi connectivity index (χ1v) is 5.17. The highest BCUT2D eigenvalue weighted by Crippen LogP contribution is 2.19. The molecule has 12 heteroatoms. The number of nitrogens with one attached hydrogen (secondary N) is 1. The van der Waals surface area contributed by atoms with E-state index in [9.17, 15) is 8.42 Å². The standard InChI is InChI=1S/C5H6N6O4S.H2O/c6-2-1-3(10-4(7)9-2)11-5(8-1)15-16(12,13)14;/h(H,12,13,14)(H5,6,7,8,9,10,11);1H2. The number of hydrogen-bond acceptors (Lipinski definition) is 8. The Bertz CT molecular complexity index is 650. The lowest BCUT2D eigenvalue weighted by atomic mass is 10.5. The Morgan fingerprint density at radius 1 is 1.24 bits per heavy atom. The van der Waals surface area contributed by atoms with Gasteiger partial charge in [-0.15, -0.1) is 0 Å². The molecule has 0 aliphatic rings. The molecule has 0 radical (unpaired) electrons. The summed E-state index contributed by atoms with van der Waals surface area (Å²) in [5.74, 6) is -0.130. The smallest absolute Gasteiger partial charge is 0.412 e. The summed E-state index contributed by atoms with van der Waals surface area (Å²) in [6.45, 7) is 0. The van der Waals surface area contributed by atoms with Crippen LogP contribution >= 0.6 is 0 Å². The van der Waals surface area contributed by atoms with E-state index in [1.807, 2.05) is 0 Å². The Hall–Kier alpha value is -2.18. The molecule has 0 amide bonds. The zero-order chi connectivity index (χ0) is 11.9. The molecule has 11 nitrogen and oxygen atoms in total. The van der Waals surface area contributed by atoms with E-state index < -0.39 is 16.4 Å². The highest BCUT2D eigenvalue weighted by atomic mass is 32.3. The average Bonchev–Trinajstić information content (AvgIpc) is 2.43. The van der Waals surface area contributed by atoms with Crippen molar-refractivity contribution in [3.8, 4) is 6.01 Å². The molecule has 0 atom stereocenters. The second-order valence-electron chi connectivity index (χ2n) is 2.72. The van der Waals surface area contributed by atoms with Gasteiger partial charge in [-0.2, -0.15) is 23.4 Å². The molecule has 2 rings (SSSR count). The number of anilines is 2. The Morgan fingerprint density at radius 3 is 2.47 bits per heavy atom. The number of hydrogen-bond donors (Lipinski definition) is 4. The van der Waals surface area contributed by atoms with E-state index in [4.69, 9.17) is 16.0 Å². The lowest BCUT2D eigenvalue weighted by Gasteiger charge is -1.94. The summed E-state index contributed by atoms with van der Waals surface area (Å²) in [5.41, 5.74) is 11.0. The van der Waals surface area contributed by atoms with Crippen molar-refractivity contribution < 1.29 is 22.6 Å². The lowest BCUT2D eigenvalue weighted by Crippen LogP contribution is -2.07. The molecule has 0 fully saturated rings. The van der Waals surface area contributed by atoms with Gasteiger partial charge in [-0.25, -0.2) is 0 Å². The van der Waals surface area contributed by atoms with Crippen LogP contribution in [0, 0.1) is 0 Å². The van der Waals surface area contributed by atoms with E-state index in [0.29, 0.717) is 0 Å². The molecule has 0 aliphatic heterocycles. The molecule has 2 aromatic heterocycles. The number of nitrogens with zero attached hydrogens (tertiary/aromatic N) is 3. The number of nitrogen functional groups attached to an aromatic ring is 2. The first-order chi connectivity index (χ1) is 7.35. The highest BCUT2D eigenvalue weighted by molar-refractivity contribution is 7.81. The van der Waals surface area contributed by atoms with E-state index >= 15 is 0 Å². The predicted molar refractivity (Wildman–Crippen MR) is 56.3 cm³/mol. The van der Waals surface area contributed by atoms with Gasteiger partial charge in [0.05, 0.1) is 0 Å². The van der Waals surface area contributed by atoms with Crippen LogP contribution in [0.1, 0.15) is 0 Å². The molecule has 0 aromatic carbocycles. The monoisotopic (exact) mass is 264 g/mol. The Labute approximate surface area is 94.1 Å². The maximum atomic E-state index is 10.4. The molecule has 94 valence electrons. The van der Waals surface area contributed by atoms with Gasteiger partial charge in [-0.3, -0.25) is 4.55 Å². The molecule has 0 unspecified atom stereocenters. The number of imidazole rings is 1. The van der Waals surface area contributed by atoms with Crippen molar-refractivity contribution in [2.45, 2.75) is 0 Å². The molecule has 2 aromatic rings. The van der Waals surface area contributed by atoms with E-state index in [0.717, 1.165) is 0 Å². The first kappa shape index (κ1) is 12.9. The van der Waals surface area contributed by atoms with E-state index in [-0.39, 0.29) is 28.4 Å². The summed E-state index contributed by atoms with van der Waals surface area (Å²) >= 11 is 0. The maximum Gasteiger partial charge on any atom is 0.449 e. The molecule has 17 heavy (non-hydrogen) atoms. The minimum atomic E-state index is -4.66. The third-order valence-corrected chi connectivity index (χ3v) is 1.93. The third kappa shape index (κ3) is 2.68. The molecular weight excluding hydrogens is 256 g/mol. The van der Waals surface area contributed by atoms with Crippen molar-refractivity contribution in [3.63, 3.8) is 0 Å². The van der Waals surface area contributed by atoms with E-state index in [1.165, 1.54) is 0 Å². The van der Waals surface area contributed by atoms with Gasteiger partial charge in [-0.05, 0) is 0 Å². The fraction of sp³-hybridized carbons (Fsp3) is 0. The zero-order valence-electron chi connectivity index (χ0n) is 8.08. The van der Waals surface area contributed by atoms with Gasteiger partial charge in [0.1, 0.15) is 5.52 Å². The van der Waals surface area contributed by atoms with Crippen molar-refractivity contribution in [1.82, 2.24) is 19.9 Å². The first-order valence-electron chi connectivity index (χ1n) is 3.81. The molecule has 2 heterocycles. The van der Waals surface area contributed by atoms with Crippen molar-refractivity contribution in [3.05, 3.63) is 0 Å². The summed E-state index contributed by atoms with van der Waals surface area (Å²) in [7, 11) is -4.66. The molecule has 0 bridgehead atoms. The molecule has 0 spiro atoms. The molecule has 0 saturated heterocycles. The minimum absolute atomic E-state index is 0. The van der Waals surface area contributed by atoms with Crippen LogP contribution in [0.25, 0.3) is 11.2 Å². The summed E-state index contributed by atoms with van der Waals surface area (Å²) in [4.78, 5) is 13.3. The highest BCUT2D eigenvalue weighted by Gasteiger charge is 2.14. The number of H-pyrrole nitrogens is 1. The summed E-state index contributed by atoms with van der Waals surface area (Å²) < 4.78 is 33.3. The van der Waals surface area contributed by atoms with Crippen molar-refractivity contribution in [2.75, 3.05) is 11.5 Å². The molecule has 0 aliphatic carbocycles. The van der Waals surface area contributed by atoms with Crippen molar-refractivity contribution in [1.29, 1.82) is 0 Å². The normalized spacial score (nSPS) is 11.1. The Balaban J connectivity index is 0.00000144. The number of aromatic amines is 1. The van der Waals surface area contributed by atoms with Crippen LogP contribution in [0.15, 0.2) is 0 Å². The fourth-order valence-electron chi connectivity index (χ4n) is 1.05. The van der Waals surface area contributed by atoms with Gasteiger partial charge in [0.2, 0.25) is 5.95 Å². The number of rotatable bonds is 2. The van der Waals surface area contributed by atoms with Crippen molar-refractivity contribution >= 4 is 33.3 Å². The third-order valence-electron chi connectivity index (χ3n) is 1.56. The van der Waals surface area contributed by atoms with Gasteiger partial charge < -0.3 is 26.1 Å². The quantitative estimate of drug-likeness (QED) is 0.437. The number of aromatic nitrogens is 4. The average molecular weight is 264 g/mol. The predicted octanol–water partition coefficient (Wildman–Crippen LogP) is -2.13. The Morgan fingerprint density at radius 2 is 1.88 bits per heavy atom. The summed E-state index contributed by atoms with van der Waals surface area (Å²) in [5, 5.41) is 0. The second kappa shape index (κ2) is 4.00. The largest absolute Gasteiger partial charge is 0.449 e. The Kier molecular flexibility index (Phi) is 3.03. The lowest BCUT2D eigenvalue weighted by molar-refractivity contribution is 0.376. The molecule has 0 saturated carbocycles. The van der Waals surface area contributed by atoms with E-state index in [1.54, 1.807) is 0 Å². The molecule has 8 N–H and O–H groups in total. The van der Waals surface area contributed by atoms with Gasteiger partial charge in [-0.1, -0.05) is 0 Å². The minimum Gasteiger partial charge on any atom is -0.412 e. The topological polar surface area (TPSA) is 202 Å². The van der Waals surface area contributed by atoms with Crippen LogP contribution in [0.4, 0.5) is 11.8 Å². The van der Waals surface area contributed by atoms with Gasteiger partial charge >= 0.3 is 16.4 Å². The van der Waals surface area contributed by atoms with Gasteiger partial charge in [0.15, 0.2) is 11.5 Å². The van der Waals surface area contributed by atoms with Gasteiger partial charge in [0, 0.05) is 0 Å². The van der Waals surface area contributed by atoms with Crippen LogP contribution < -0.4 is 15.7 Å². The maximum absolute atomic E-state index is 10.4. The summed E-state index contributed by atoms with van der Waals surface area (Å²) in [6, 6.07) is -0.482. The second-order valence-corrected chi connectivity index (χ2v) is 3.74. The van der Waals surface area contributed by atoms with Gasteiger partial charge in [0.25, 0.3) is 0 Å². The number of fused-ring (bicyclic) bond motifs is 1.